The number of aromatic nitrogens is 2. The van der Waals surface area contributed by atoms with Crippen molar-refractivity contribution >= 4 is 40.9 Å². The van der Waals surface area contributed by atoms with Crippen LogP contribution in [0.1, 0.15) is 46.0 Å². The Morgan fingerprint density at radius 1 is 0.950 bits per heavy atom. The molecule has 1 aliphatic heterocycles. The van der Waals surface area contributed by atoms with Crippen LogP contribution in [0.2, 0.25) is 5.02 Å². The fourth-order valence-electron chi connectivity index (χ4n) is 4.94. The molecule has 11 nitrogen and oxygen atoms in total. The first-order valence-corrected chi connectivity index (χ1v) is 14.1. The summed E-state index contributed by atoms with van der Waals surface area (Å²) in [6, 6.07) is 3.54. The molecule has 0 saturated carbocycles. The van der Waals surface area contributed by atoms with Crippen molar-refractivity contribution in [3.8, 4) is 17.2 Å². The molecule has 1 aromatic carbocycles. The lowest BCUT2D eigenvalue weighted by Crippen LogP contribution is -2.44. The predicted molar refractivity (Wildman–Crippen MR) is 156 cm³/mol. The van der Waals surface area contributed by atoms with Crippen LogP contribution in [0, 0.1) is 11.8 Å². The van der Waals surface area contributed by atoms with Crippen LogP contribution < -0.4 is 35.1 Å². The number of methoxy groups -OCH3 is 3. The number of halogens is 1. The quantitative estimate of drug-likeness (QED) is 0.303. The zero-order valence-corrected chi connectivity index (χ0v) is 24.8. The molecule has 3 rings (SSSR count). The summed E-state index contributed by atoms with van der Waals surface area (Å²) in [6.45, 7) is 6.50. The molecule has 0 bridgehead atoms. The van der Waals surface area contributed by atoms with Crippen LogP contribution >= 0.6 is 11.6 Å². The molecule has 1 aliphatic rings. The van der Waals surface area contributed by atoms with Crippen LogP contribution in [-0.4, -0.2) is 69.3 Å². The summed E-state index contributed by atoms with van der Waals surface area (Å²) in [5.41, 5.74) is 0.586. The Morgan fingerprint density at radius 3 is 2.08 bits per heavy atom. The Morgan fingerprint density at radius 2 is 1.55 bits per heavy atom. The smallest absolute Gasteiger partial charge is 0.229 e. The molecule has 40 heavy (non-hydrogen) atoms. The van der Waals surface area contributed by atoms with Gasteiger partial charge in [0, 0.05) is 39.0 Å². The number of nitrogens with zero attached hydrogens (tertiary/aromatic N) is 3. The first-order valence-electron chi connectivity index (χ1n) is 13.7. The van der Waals surface area contributed by atoms with Gasteiger partial charge in [0.25, 0.3) is 0 Å². The van der Waals surface area contributed by atoms with Crippen molar-refractivity contribution in [3.05, 3.63) is 23.4 Å². The van der Waals surface area contributed by atoms with Crippen molar-refractivity contribution in [2.75, 3.05) is 57.7 Å². The lowest BCUT2D eigenvalue weighted by molar-refractivity contribution is -0.122. The number of carbonyl (C=O) groups excluding carboxylic acids is 2. The third-order valence-electron chi connectivity index (χ3n) is 6.69. The van der Waals surface area contributed by atoms with Crippen molar-refractivity contribution < 1.29 is 23.8 Å². The highest BCUT2D eigenvalue weighted by atomic mass is 35.5. The minimum Gasteiger partial charge on any atom is -0.493 e. The summed E-state index contributed by atoms with van der Waals surface area (Å²) < 4.78 is 16.4. The van der Waals surface area contributed by atoms with Crippen LogP contribution in [0.3, 0.4) is 0 Å². The predicted octanol–water partition coefficient (Wildman–Crippen LogP) is 4.17. The van der Waals surface area contributed by atoms with Crippen molar-refractivity contribution in [1.29, 1.82) is 0 Å². The zero-order chi connectivity index (χ0) is 29.1. The lowest BCUT2D eigenvalue weighted by Gasteiger charge is -2.38. The van der Waals surface area contributed by atoms with Gasteiger partial charge < -0.3 is 35.1 Å². The van der Waals surface area contributed by atoms with Gasteiger partial charge >= 0.3 is 0 Å². The van der Waals surface area contributed by atoms with Gasteiger partial charge in [0.2, 0.25) is 23.5 Å². The van der Waals surface area contributed by atoms with E-state index in [1.165, 1.54) is 14.2 Å². The van der Waals surface area contributed by atoms with Gasteiger partial charge in [-0.05, 0) is 43.2 Å². The second-order valence-electron chi connectivity index (χ2n) is 9.85. The molecule has 2 aromatic rings. The fourth-order valence-corrected chi connectivity index (χ4v) is 5.16. The average Bonchev–Trinajstić information content (AvgIpc) is 2.95. The number of benzene rings is 1. The summed E-state index contributed by atoms with van der Waals surface area (Å²) >= 11 is 6.61. The second kappa shape index (κ2) is 15.4. The molecule has 0 unspecified atom stereocenters. The zero-order valence-electron chi connectivity index (χ0n) is 24.0. The number of nitrogens with one attached hydrogen (secondary N) is 3. The van der Waals surface area contributed by atoms with E-state index in [4.69, 9.17) is 30.8 Å². The van der Waals surface area contributed by atoms with E-state index < -0.39 is 0 Å². The van der Waals surface area contributed by atoms with Gasteiger partial charge in [-0.25, -0.2) is 4.98 Å². The Labute approximate surface area is 241 Å². The number of rotatable bonds is 14. The molecule has 220 valence electrons. The number of piperidine rings is 1. The van der Waals surface area contributed by atoms with Crippen LogP contribution in [0.25, 0.3) is 0 Å². The fraction of sp³-hybridized carbons (Fsp3) is 0.571. The SMILES string of the molecule is CCCNC(=O)C[C@@H]1C[C@H](CC(=O)NCCC)CN(c2nc(Nc3ccc(OC)c(OC)c3OC)ncc2Cl)C1. The molecule has 0 aliphatic carbocycles. The Balaban J connectivity index is 1.86. The van der Waals surface area contributed by atoms with Gasteiger partial charge in [0.15, 0.2) is 17.3 Å². The number of amides is 2. The lowest BCUT2D eigenvalue weighted by atomic mass is 9.85. The van der Waals surface area contributed by atoms with E-state index >= 15 is 0 Å². The molecule has 12 heteroatoms. The molecule has 2 heterocycles. The first-order chi connectivity index (χ1) is 19.3. The van der Waals surface area contributed by atoms with Gasteiger partial charge in [0.1, 0.15) is 5.02 Å². The number of anilines is 3. The van der Waals surface area contributed by atoms with Gasteiger partial charge in [-0.2, -0.15) is 4.98 Å². The van der Waals surface area contributed by atoms with E-state index in [1.54, 1.807) is 25.4 Å². The molecule has 1 saturated heterocycles. The Hall–Kier alpha value is -3.47. The molecule has 1 aromatic heterocycles. The largest absolute Gasteiger partial charge is 0.493 e. The molecule has 2 atom stereocenters. The maximum Gasteiger partial charge on any atom is 0.229 e. The first kappa shape index (κ1) is 31.1. The molecule has 1 fully saturated rings. The van der Waals surface area contributed by atoms with Crippen molar-refractivity contribution in [3.63, 3.8) is 0 Å². The minimum atomic E-state index is 0.0135. The third-order valence-corrected chi connectivity index (χ3v) is 6.96. The highest BCUT2D eigenvalue weighted by Crippen LogP contribution is 2.43. The second-order valence-corrected chi connectivity index (χ2v) is 10.3. The number of hydrogen-bond donors (Lipinski definition) is 3. The van der Waals surface area contributed by atoms with E-state index in [1.807, 2.05) is 13.8 Å². The maximum absolute atomic E-state index is 12.6. The molecule has 0 spiro atoms. The summed E-state index contributed by atoms with van der Waals surface area (Å²) in [5.74, 6) is 2.37. The minimum absolute atomic E-state index is 0.0135. The Bertz CT molecular complexity index is 1120. The normalized spacial score (nSPS) is 16.7. The van der Waals surface area contributed by atoms with Gasteiger partial charge in [-0.3, -0.25) is 9.59 Å². The van der Waals surface area contributed by atoms with Crippen molar-refractivity contribution in [2.45, 2.75) is 46.0 Å². The highest BCUT2D eigenvalue weighted by Gasteiger charge is 2.32. The van der Waals surface area contributed by atoms with Crippen molar-refractivity contribution in [1.82, 2.24) is 20.6 Å². The van der Waals surface area contributed by atoms with Crippen LogP contribution in [-0.2, 0) is 9.59 Å². The van der Waals surface area contributed by atoms with Gasteiger partial charge in [-0.15, -0.1) is 0 Å². The molecule has 0 radical (unpaired) electrons. The average molecular weight is 577 g/mol. The standard InChI is InChI=1S/C28H41ClN6O5/c1-6-10-30-23(36)13-18-12-19(14-24(37)31-11-7-2)17-35(16-18)27-20(29)15-32-28(34-27)33-21-8-9-22(38-3)26(40-5)25(21)39-4/h8-9,15,18-19H,6-7,10-14,16-17H2,1-5H3,(H,30,36)(H,31,37)(H,32,33,34)/t18-,19+. The molecule has 2 amide bonds. The number of ether oxygens (including phenoxy) is 3. The summed E-state index contributed by atoms with van der Waals surface area (Å²) in [5, 5.41) is 9.51. The summed E-state index contributed by atoms with van der Waals surface area (Å²) in [7, 11) is 4.63. The van der Waals surface area contributed by atoms with E-state index in [-0.39, 0.29) is 23.7 Å². The summed E-state index contributed by atoms with van der Waals surface area (Å²) in [4.78, 5) is 36.3. The van der Waals surface area contributed by atoms with Gasteiger partial charge in [0.05, 0.1) is 33.2 Å². The van der Waals surface area contributed by atoms with Crippen LogP contribution in [0.5, 0.6) is 17.2 Å². The number of carbonyl (C=O) groups is 2. The molecule has 3 N–H and O–H groups in total. The highest BCUT2D eigenvalue weighted by molar-refractivity contribution is 6.32. The molecular formula is C28H41ClN6O5. The Kier molecular flexibility index (Phi) is 11.9. The van der Waals surface area contributed by atoms with Crippen LogP contribution in [0.4, 0.5) is 17.5 Å². The third kappa shape index (κ3) is 8.27. The molecular weight excluding hydrogens is 536 g/mol. The van der Waals surface area contributed by atoms with E-state index in [0.717, 1.165) is 19.3 Å². The number of hydrogen-bond acceptors (Lipinski definition) is 9. The topological polar surface area (TPSA) is 127 Å². The van der Waals surface area contributed by atoms with E-state index in [9.17, 15) is 9.59 Å². The van der Waals surface area contributed by atoms with Gasteiger partial charge in [-0.1, -0.05) is 25.4 Å². The summed E-state index contributed by atoms with van der Waals surface area (Å²) in [6.07, 6.45) is 4.81. The maximum atomic E-state index is 12.6. The van der Waals surface area contributed by atoms with Crippen LogP contribution in [0.15, 0.2) is 18.3 Å². The van der Waals surface area contributed by atoms with E-state index in [0.29, 0.717) is 78.7 Å². The van der Waals surface area contributed by atoms with Crippen molar-refractivity contribution in [2.24, 2.45) is 11.8 Å². The van der Waals surface area contributed by atoms with E-state index in [2.05, 4.69) is 25.8 Å². The monoisotopic (exact) mass is 576 g/mol.